The summed E-state index contributed by atoms with van der Waals surface area (Å²) in [5.41, 5.74) is 8.48. The van der Waals surface area contributed by atoms with Crippen molar-refractivity contribution in [3.8, 4) is 27.9 Å². The Labute approximate surface area is 294 Å². The molecule has 0 radical (unpaired) electrons. The lowest BCUT2D eigenvalue weighted by molar-refractivity contribution is 1.18. The lowest BCUT2D eigenvalue weighted by atomic mass is 10.1. The summed E-state index contributed by atoms with van der Waals surface area (Å²) >= 11 is 0. The first-order valence-corrected chi connectivity index (χ1v) is 19.3. The SMILES string of the molecule is c1ccc(-c2ccc([Si](c3ccccc3)(c3ccccc3)c3ccc4c(c3)c3ccccc3n4-c3cccc(-c4ccccc4)c3)cc2)cc1. The van der Waals surface area contributed by atoms with Crippen molar-refractivity contribution in [2.24, 2.45) is 0 Å². The number of fused-ring (bicyclic) bond motifs is 3. The number of benzene rings is 8. The van der Waals surface area contributed by atoms with Crippen molar-refractivity contribution in [2.45, 2.75) is 0 Å². The highest BCUT2D eigenvalue weighted by atomic mass is 28.3. The molecule has 0 aliphatic rings. The van der Waals surface area contributed by atoms with Gasteiger partial charge in [0.1, 0.15) is 0 Å². The summed E-state index contributed by atoms with van der Waals surface area (Å²) in [6, 6.07) is 78.2. The Hall–Kier alpha value is -6.22. The summed E-state index contributed by atoms with van der Waals surface area (Å²) in [5.74, 6) is 0. The van der Waals surface area contributed by atoms with Gasteiger partial charge in [0.05, 0.1) is 11.0 Å². The molecule has 9 rings (SSSR count). The molecule has 0 spiro atoms. The van der Waals surface area contributed by atoms with Crippen molar-refractivity contribution in [3.05, 3.63) is 212 Å². The van der Waals surface area contributed by atoms with Gasteiger partial charge in [-0.25, -0.2) is 0 Å². The van der Waals surface area contributed by atoms with Gasteiger partial charge in [-0.1, -0.05) is 188 Å². The van der Waals surface area contributed by atoms with Crippen LogP contribution in [-0.2, 0) is 0 Å². The highest BCUT2D eigenvalue weighted by Crippen LogP contribution is 2.33. The summed E-state index contributed by atoms with van der Waals surface area (Å²) < 4.78 is 2.43. The lowest BCUT2D eigenvalue weighted by Gasteiger charge is -2.34. The molecule has 0 saturated carbocycles. The van der Waals surface area contributed by atoms with Crippen molar-refractivity contribution in [2.75, 3.05) is 0 Å². The first-order valence-electron chi connectivity index (χ1n) is 17.3. The first-order chi connectivity index (χ1) is 24.8. The fourth-order valence-electron chi connectivity index (χ4n) is 7.86. The zero-order chi connectivity index (χ0) is 33.3. The van der Waals surface area contributed by atoms with Gasteiger partial charge in [0.15, 0.2) is 8.07 Å². The second-order valence-electron chi connectivity index (χ2n) is 12.9. The molecule has 236 valence electrons. The van der Waals surface area contributed by atoms with Crippen LogP contribution in [0.3, 0.4) is 0 Å². The summed E-state index contributed by atoms with van der Waals surface area (Å²) in [4.78, 5) is 0. The fourth-order valence-corrected chi connectivity index (χ4v) is 12.6. The van der Waals surface area contributed by atoms with Crippen molar-refractivity contribution in [1.29, 1.82) is 0 Å². The van der Waals surface area contributed by atoms with Gasteiger partial charge in [-0.05, 0) is 67.3 Å². The second-order valence-corrected chi connectivity index (χ2v) is 16.7. The van der Waals surface area contributed by atoms with Crippen LogP contribution in [0.4, 0.5) is 0 Å². The molecule has 9 aromatic rings. The van der Waals surface area contributed by atoms with Crippen LogP contribution in [0.5, 0.6) is 0 Å². The molecular weight excluding hydrogens is 619 g/mol. The Morgan fingerprint density at radius 1 is 0.280 bits per heavy atom. The molecule has 0 N–H and O–H groups in total. The molecule has 1 nitrogen and oxygen atoms in total. The molecule has 2 heteroatoms. The van der Waals surface area contributed by atoms with Gasteiger partial charge >= 0.3 is 0 Å². The zero-order valence-corrected chi connectivity index (χ0v) is 28.7. The van der Waals surface area contributed by atoms with E-state index < -0.39 is 8.07 Å². The first kappa shape index (κ1) is 29.9. The number of hydrogen-bond acceptors (Lipinski definition) is 0. The Bertz CT molecular complexity index is 2520. The number of rotatable bonds is 7. The predicted molar refractivity (Wildman–Crippen MR) is 215 cm³/mol. The van der Waals surface area contributed by atoms with E-state index in [4.69, 9.17) is 0 Å². The van der Waals surface area contributed by atoms with E-state index in [0.717, 1.165) is 5.69 Å². The Balaban J connectivity index is 1.30. The Morgan fingerprint density at radius 3 is 1.38 bits per heavy atom. The second kappa shape index (κ2) is 12.7. The standard InChI is InChI=1S/C48H35NSi/c1-5-16-36(17-6-1)38-28-30-43(31-29-38)50(41-22-9-3-10-23-41,42-24-11-4-12-25-42)44-32-33-48-46(35-44)45-26-13-14-27-47(45)49(48)40-21-15-20-39(34-40)37-18-7-2-8-19-37/h1-35H. The molecule has 1 heterocycles. The van der Waals surface area contributed by atoms with Gasteiger partial charge in [0, 0.05) is 16.5 Å². The van der Waals surface area contributed by atoms with Gasteiger partial charge in [-0.2, -0.15) is 0 Å². The van der Waals surface area contributed by atoms with E-state index in [1.165, 1.54) is 64.8 Å². The maximum Gasteiger partial charge on any atom is 0.179 e. The van der Waals surface area contributed by atoms with E-state index >= 15 is 0 Å². The van der Waals surface area contributed by atoms with Crippen LogP contribution in [0, 0.1) is 0 Å². The van der Waals surface area contributed by atoms with E-state index in [-0.39, 0.29) is 0 Å². The smallest absolute Gasteiger partial charge is 0.179 e. The van der Waals surface area contributed by atoms with E-state index in [1.54, 1.807) is 0 Å². The van der Waals surface area contributed by atoms with Gasteiger partial charge < -0.3 is 4.57 Å². The van der Waals surface area contributed by atoms with E-state index in [2.05, 4.69) is 217 Å². The summed E-state index contributed by atoms with van der Waals surface area (Å²) in [6.45, 7) is 0. The molecule has 0 amide bonds. The van der Waals surface area contributed by atoms with Crippen LogP contribution in [0.2, 0.25) is 0 Å². The van der Waals surface area contributed by atoms with Crippen molar-refractivity contribution < 1.29 is 0 Å². The number of hydrogen-bond donors (Lipinski definition) is 0. The predicted octanol–water partition coefficient (Wildman–Crippen LogP) is 9.50. The molecular formula is C48H35NSi. The maximum absolute atomic E-state index is 2.76. The zero-order valence-electron chi connectivity index (χ0n) is 27.7. The number of para-hydroxylation sites is 1. The highest BCUT2D eigenvalue weighted by molar-refractivity contribution is 7.20. The molecule has 0 bridgehead atoms. The lowest BCUT2D eigenvalue weighted by Crippen LogP contribution is -2.74. The van der Waals surface area contributed by atoms with Crippen LogP contribution in [0.1, 0.15) is 0 Å². The molecule has 0 atom stereocenters. The molecule has 50 heavy (non-hydrogen) atoms. The normalized spacial score (nSPS) is 11.6. The summed E-state index contributed by atoms with van der Waals surface area (Å²) in [7, 11) is -2.76. The van der Waals surface area contributed by atoms with E-state index in [0.29, 0.717) is 0 Å². The minimum absolute atomic E-state index is 1.16. The minimum atomic E-state index is -2.76. The van der Waals surface area contributed by atoms with Crippen LogP contribution in [-0.4, -0.2) is 12.6 Å². The third-order valence-electron chi connectivity index (χ3n) is 10.2. The Morgan fingerprint density at radius 2 is 0.740 bits per heavy atom. The fraction of sp³-hybridized carbons (Fsp3) is 0. The van der Waals surface area contributed by atoms with Crippen molar-refractivity contribution >= 4 is 50.6 Å². The Kier molecular flexibility index (Phi) is 7.57. The highest BCUT2D eigenvalue weighted by Gasteiger charge is 2.41. The monoisotopic (exact) mass is 653 g/mol. The number of aromatic nitrogens is 1. The van der Waals surface area contributed by atoms with Crippen LogP contribution in [0.15, 0.2) is 212 Å². The minimum Gasteiger partial charge on any atom is -0.309 e. The molecule has 0 aliphatic heterocycles. The topological polar surface area (TPSA) is 4.93 Å². The van der Waals surface area contributed by atoms with E-state index in [9.17, 15) is 0 Å². The molecule has 0 saturated heterocycles. The summed E-state index contributed by atoms with van der Waals surface area (Å²) in [6.07, 6.45) is 0. The third kappa shape index (κ3) is 5.01. The average molecular weight is 654 g/mol. The quantitative estimate of drug-likeness (QED) is 0.119. The molecule has 0 aliphatic carbocycles. The van der Waals surface area contributed by atoms with Crippen LogP contribution >= 0.6 is 0 Å². The third-order valence-corrected chi connectivity index (χ3v) is 14.9. The molecule has 0 unspecified atom stereocenters. The molecule has 8 aromatic carbocycles. The van der Waals surface area contributed by atoms with Crippen molar-refractivity contribution in [1.82, 2.24) is 4.57 Å². The largest absolute Gasteiger partial charge is 0.309 e. The number of nitrogens with zero attached hydrogens (tertiary/aromatic N) is 1. The van der Waals surface area contributed by atoms with Gasteiger partial charge in [-0.15, -0.1) is 0 Å². The van der Waals surface area contributed by atoms with Gasteiger partial charge in [-0.3, -0.25) is 0 Å². The van der Waals surface area contributed by atoms with Crippen LogP contribution in [0.25, 0.3) is 49.7 Å². The van der Waals surface area contributed by atoms with Gasteiger partial charge in [0.25, 0.3) is 0 Å². The van der Waals surface area contributed by atoms with Crippen molar-refractivity contribution in [3.63, 3.8) is 0 Å². The summed E-state index contributed by atoms with van der Waals surface area (Å²) in [5, 5.41) is 8.02. The maximum atomic E-state index is 2.51. The molecule has 0 fully saturated rings. The average Bonchev–Trinajstić information content (AvgIpc) is 3.54. The van der Waals surface area contributed by atoms with Crippen LogP contribution < -0.4 is 20.7 Å². The molecule has 1 aromatic heterocycles. The van der Waals surface area contributed by atoms with E-state index in [1.807, 2.05) is 0 Å². The van der Waals surface area contributed by atoms with Gasteiger partial charge in [0.2, 0.25) is 0 Å².